The van der Waals surface area contributed by atoms with Crippen LogP contribution in [-0.2, 0) is 17.2 Å². The van der Waals surface area contributed by atoms with E-state index in [0.29, 0.717) is 6.04 Å². The molecule has 1 aliphatic heterocycles. The Labute approximate surface area is 112 Å². The first kappa shape index (κ1) is 12.4. The van der Waals surface area contributed by atoms with Crippen molar-refractivity contribution >= 4 is 10.8 Å². The van der Waals surface area contributed by atoms with Gasteiger partial charge in [0, 0.05) is 41.4 Å². The molecule has 0 N–H and O–H groups in total. The first-order valence-electron chi connectivity index (χ1n) is 7.01. The Morgan fingerprint density at radius 3 is 2.72 bits per heavy atom. The van der Waals surface area contributed by atoms with Gasteiger partial charge in [-0.3, -0.25) is 9.11 Å². The first-order chi connectivity index (χ1) is 8.84. The van der Waals surface area contributed by atoms with E-state index in [9.17, 15) is 4.21 Å². The summed E-state index contributed by atoms with van der Waals surface area (Å²) < 4.78 is 11.5. The van der Waals surface area contributed by atoms with Crippen LogP contribution in [0.2, 0.25) is 0 Å². The summed E-state index contributed by atoms with van der Waals surface area (Å²) in [7, 11) is -0.569. The van der Waals surface area contributed by atoms with Gasteiger partial charge in [-0.2, -0.15) is 0 Å². The van der Waals surface area contributed by atoms with Gasteiger partial charge in [0.05, 0.1) is 0 Å². The molecule has 1 aromatic rings. The SMILES string of the molecule is O=S1CCN(C2CCCCc3ccccc32)CC1. The van der Waals surface area contributed by atoms with Crippen molar-refractivity contribution in [1.29, 1.82) is 0 Å². The van der Waals surface area contributed by atoms with E-state index in [1.807, 2.05) is 0 Å². The molecule has 18 heavy (non-hydrogen) atoms. The van der Waals surface area contributed by atoms with E-state index in [0.717, 1.165) is 24.6 Å². The Balaban J connectivity index is 1.85. The fourth-order valence-electron chi connectivity index (χ4n) is 3.24. The van der Waals surface area contributed by atoms with E-state index in [1.165, 1.54) is 36.8 Å². The van der Waals surface area contributed by atoms with E-state index < -0.39 is 10.8 Å². The van der Waals surface area contributed by atoms with Gasteiger partial charge in [-0.05, 0) is 30.4 Å². The van der Waals surface area contributed by atoms with Crippen molar-refractivity contribution < 1.29 is 4.21 Å². The Morgan fingerprint density at radius 2 is 1.89 bits per heavy atom. The van der Waals surface area contributed by atoms with Crippen LogP contribution >= 0.6 is 0 Å². The standard InChI is InChI=1S/C15H21NOS/c17-18-11-9-16(10-12-18)15-8-4-2-6-13-5-1-3-7-14(13)15/h1,3,5,7,15H,2,4,6,8-12H2. The van der Waals surface area contributed by atoms with Gasteiger partial charge in [-0.1, -0.05) is 30.7 Å². The van der Waals surface area contributed by atoms with E-state index in [4.69, 9.17) is 0 Å². The third kappa shape index (κ3) is 2.52. The summed E-state index contributed by atoms with van der Waals surface area (Å²) in [6, 6.07) is 9.49. The van der Waals surface area contributed by atoms with Crippen molar-refractivity contribution in [2.75, 3.05) is 24.6 Å². The zero-order chi connectivity index (χ0) is 12.4. The van der Waals surface area contributed by atoms with E-state index in [2.05, 4.69) is 29.2 Å². The summed E-state index contributed by atoms with van der Waals surface area (Å²) >= 11 is 0. The lowest BCUT2D eigenvalue weighted by Crippen LogP contribution is -2.40. The van der Waals surface area contributed by atoms with Crippen LogP contribution in [0.4, 0.5) is 0 Å². The minimum Gasteiger partial charge on any atom is -0.295 e. The molecule has 98 valence electrons. The number of hydrogen-bond acceptors (Lipinski definition) is 2. The first-order valence-corrected chi connectivity index (χ1v) is 8.50. The molecule has 3 heteroatoms. The van der Waals surface area contributed by atoms with Crippen molar-refractivity contribution in [3.05, 3.63) is 35.4 Å². The molecule has 0 amide bonds. The number of rotatable bonds is 1. The molecule has 1 atom stereocenters. The van der Waals surface area contributed by atoms with Crippen LogP contribution in [0.3, 0.4) is 0 Å². The third-order valence-electron chi connectivity index (χ3n) is 4.24. The topological polar surface area (TPSA) is 20.3 Å². The van der Waals surface area contributed by atoms with Crippen molar-refractivity contribution in [1.82, 2.24) is 4.90 Å². The molecule has 2 aliphatic rings. The Morgan fingerprint density at radius 1 is 1.11 bits per heavy atom. The lowest BCUT2D eigenvalue weighted by molar-refractivity contribution is 0.204. The average molecular weight is 263 g/mol. The Hall–Kier alpha value is -0.670. The number of aryl methyl sites for hydroxylation is 1. The largest absolute Gasteiger partial charge is 0.295 e. The highest BCUT2D eigenvalue weighted by molar-refractivity contribution is 7.85. The summed E-state index contributed by atoms with van der Waals surface area (Å²) in [6.07, 6.45) is 5.13. The normalized spacial score (nSPS) is 26.6. The van der Waals surface area contributed by atoms with Gasteiger partial charge < -0.3 is 0 Å². The van der Waals surface area contributed by atoms with E-state index >= 15 is 0 Å². The van der Waals surface area contributed by atoms with Gasteiger partial charge in [-0.25, -0.2) is 0 Å². The molecule has 1 fully saturated rings. The van der Waals surface area contributed by atoms with Gasteiger partial charge in [0.25, 0.3) is 0 Å². The van der Waals surface area contributed by atoms with Gasteiger partial charge >= 0.3 is 0 Å². The maximum absolute atomic E-state index is 11.5. The smallest absolute Gasteiger partial charge is 0.0363 e. The second-order valence-corrected chi connectivity index (χ2v) is 7.04. The quantitative estimate of drug-likeness (QED) is 0.726. The van der Waals surface area contributed by atoms with E-state index in [-0.39, 0.29) is 0 Å². The molecule has 0 radical (unpaired) electrons. The van der Waals surface area contributed by atoms with Gasteiger partial charge in [0.15, 0.2) is 0 Å². The van der Waals surface area contributed by atoms with Crippen molar-refractivity contribution in [3.8, 4) is 0 Å². The van der Waals surface area contributed by atoms with Crippen LogP contribution in [-0.4, -0.2) is 33.7 Å². The summed E-state index contributed by atoms with van der Waals surface area (Å²) in [5.74, 6) is 1.72. The molecular weight excluding hydrogens is 242 g/mol. The van der Waals surface area contributed by atoms with Gasteiger partial charge in [0.2, 0.25) is 0 Å². The second-order valence-electron chi connectivity index (χ2n) is 5.34. The van der Waals surface area contributed by atoms with Crippen molar-refractivity contribution in [2.45, 2.75) is 31.7 Å². The zero-order valence-electron chi connectivity index (χ0n) is 10.8. The third-order valence-corrected chi connectivity index (χ3v) is 5.52. The minimum absolute atomic E-state index is 0.569. The zero-order valence-corrected chi connectivity index (χ0v) is 11.6. The highest BCUT2D eigenvalue weighted by Gasteiger charge is 2.26. The highest BCUT2D eigenvalue weighted by Crippen LogP contribution is 2.33. The van der Waals surface area contributed by atoms with Crippen LogP contribution in [0.15, 0.2) is 24.3 Å². The lowest BCUT2D eigenvalue weighted by atomic mass is 9.98. The number of nitrogens with zero attached hydrogens (tertiary/aromatic N) is 1. The van der Waals surface area contributed by atoms with Crippen LogP contribution < -0.4 is 0 Å². The Bertz CT molecular complexity index is 436. The maximum atomic E-state index is 11.5. The summed E-state index contributed by atoms with van der Waals surface area (Å²) in [4.78, 5) is 2.56. The molecule has 1 heterocycles. The molecule has 0 spiro atoms. The van der Waals surface area contributed by atoms with Crippen molar-refractivity contribution in [3.63, 3.8) is 0 Å². The molecule has 0 aromatic heterocycles. The molecule has 1 aromatic carbocycles. The maximum Gasteiger partial charge on any atom is 0.0363 e. The minimum atomic E-state index is -0.569. The second kappa shape index (κ2) is 5.54. The predicted octanol–water partition coefficient (Wildman–Crippen LogP) is 2.52. The number of hydrogen-bond donors (Lipinski definition) is 0. The van der Waals surface area contributed by atoms with Crippen LogP contribution in [0, 0.1) is 0 Å². The Kier molecular flexibility index (Phi) is 3.80. The number of fused-ring (bicyclic) bond motifs is 1. The van der Waals surface area contributed by atoms with Gasteiger partial charge in [0.1, 0.15) is 0 Å². The molecule has 1 aliphatic carbocycles. The van der Waals surface area contributed by atoms with E-state index in [1.54, 1.807) is 0 Å². The summed E-state index contributed by atoms with van der Waals surface area (Å²) in [5, 5.41) is 0. The van der Waals surface area contributed by atoms with Crippen molar-refractivity contribution in [2.24, 2.45) is 0 Å². The molecule has 1 saturated heterocycles. The van der Waals surface area contributed by atoms with Gasteiger partial charge in [-0.15, -0.1) is 0 Å². The predicted molar refractivity (Wildman–Crippen MR) is 76.2 cm³/mol. The highest BCUT2D eigenvalue weighted by atomic mass is 32.2. The molecular formula is C15H21NOS. The van der Waals surface area contributed by atoms with Crippen LogP contribution in [0.25, 0.3) is 0 Å². The molecule has 1 unspecified atom stereocenters. The summed E-state index contributed by atoms with van der Waals surface area (Å²) in [6.45, 7) is 2.01. The fraction of sp³-hybridized carbons (Fsp3) is 0.600. The lowest BCUT2D eigenvalue weighted by Gasteiger charge is -2.34. The van der Waals surface area contributed by atoms with Crippen LogP contribution in [0.1, 0.15) is 36.4 Å². The van der Waals surface area contributed by atoms with Crippen LogP contribution in [0.5, 0.6) is 0 Å². The monoisotopic (exact) mass is 263 g/mol. The molecule has 2 nitrogen and oxygen atoms in total. The number of benzene rings is 1. The summed E-state index contributed by atoms with van der Waals surface area (Å²) in [5.41, 5.74) is 3.06. The molecule has 0 saturated carbocycles. The molecule has 0 bridgehead atoms. The average Bonchev–Trinajstić information content (AvgIpc) is 2.62. The molecule has 3 rings (SSSR count). The fourth-order valence-corrected chi connectivity index (χ4v) is 4.32.